The van der Waals surface area contributed by atoms with Crippen LogP contribution in [0.4, 0.5) is 0 Å². The Balaban J connectivity index is 2.02. The molecule has 130 valence electrons. The monoisotopic (exact) mass is 331 g/mol. The quantitative estimate of drug-likeness (QED) is 0.758. The van der Waals surface area contributed by atoms with E-state index in [9.17, 15) is 4.79 Å². The molecule has 1 atom stereocenters. The largest absolute Gasteiger partial charge is 0.492 e. The van der Waals surface area contributed by atoms with Crippen LogP contribution in [0.15, 0.2) is 30.6 Å². The number of rotatable bonds is 8. The summed E-state index contributed by atoms with van der Waals surface area (Å²) < 4.78 is 7.18. The molecular weight excluding hydrogens is 306 g/mol. The lowest BCUT2D eigenvalue weighted by molar-refractivity contribution is -0.121. The van der Waals surface area contributed by atoms with Gasteiger partial charge in [0, 0.05) is 13.6 Å². The summed E-state index contributed by atoms with van der Waals surface area (Å²) in [5, 5.41) is 7.13. The number of ether oxygens (including phenoxy) is 1. The number of aromatic nitrogens is 3. The normalized spacial score (nSPS) is 12.2. The van der Waals surface area contributed by atoms with Gasteiger partial charge in [-0.2, -0.15) is 5.10 Å². The molecule has 0 aliphatic carbocycles. The van der Waals surface area contributed by atoms with Gasteiger partial charge in [0.15, 0.2) is 0 Å². The Kier molecular flexibility index (Phi) is 6.31. The summed E-state index contributed by atoms with van der Waals surface area (Å²) in [7, 11) is 1.82. The van der Waals surface area contributed by atoms with E-state index < -0.39 is 0 Å². The maximum absolute atomic E-state index is 12.4. The number of benzene rings is 1. The van der Waals surface area contributed by atoms with E-state index in [1.54, 1.807) is 4.68 Å². The second kappa shape index (κ2) is 8.44. The van der Waals surface area contributed by atoms with Crippen molar-refractivity contribution in [2.24, 2.45) is 18.7 Å². The van der Waals surface area contributed by atoms with Gasteiger partial charge in [-0.25, -0.2) is 4.98 Å². The van der Waals surface area contributed by atoms with Gasteiger partial charge in [0.25, 0.3) is 0 Å². The first-order valence-electron chi connectivity index (χ1n) is 8.06. The lowest BCUT2D eigenvalue weighted by atomic mass is 10.0. The fourth-order valence-electron chi connectivity index (χ4n) is 2.45. The molecule has 2 aromatic rings. The highest BCUT2D eigenvalue weighted by Gasteiger charge is 2.22. The summed E-state index contributed by atoms with van der Waals surface area (Å²) in [6, 6.07) is 7.32. The number of nitrogens with zero attached hydrogens (tertiary/aromatic N) is 3. The van der Waals surface area contributed by atoms with Crippen LogP contribution in [0.1, 0.15) is 31.3 Å². The van der Waals surface area contributed by atoms with Crippen LogP contribution in [0.2, 0.25) is 0 Å². The number of hydrogen-bond donors (Lipinski definition) is 2. The summed E-state index contributed by atoms with van der Waals surface area (Å²) >= 11 is 0. The van der Waals surface area contributed by atoms with E-state index in [4.69, 9.17) is 10.5 Å². The molecule has 0 bridgehead atoms. The van der Waals surface area contributed by atoms with Crippen LogP contribution in [0.5, 0.6) is 5.75 Å². The van der Waals surface area contributed by atoms with Gasteiger partial charge in [-0.05, 0) is 23.6 Å². The molecule has 7 heteroatoms. The van der Waals surface area contributed by atoms with Crippen LogP contribution in [0, 0.1) is 5.92 Å². The van der Waals surface area contributed by atoms with Crippen LogP contribution in [-0.2, 0) is 18.3 Å². The molecule has 2 rings (SSSR count). The van der Waals surface area contributed by atoms with Crippen molar-refractivity contribution in [3.63, 3.8) is 0 Å². The van der Waals surface area contributed by atoms with E-state index in [1.165, 1.54) is 6.33 Å². The van der Waals surface area contributed by atoms with Crippen molar-refractivity contribution in [2.45, 2.75) is 26.3 Å². The minimum Gasteiger partial charge on any atom is -0.492 e. The summed E-state index contributed by atoms with van der Waals surface area (Å²) in [6.07, 6.45) is 1.77. The number of nitrogens with two attached hydrogens (primary N) is 1. The third kappa shape index (κ3) is 4.79. The van der Waals surface area contributed by atoms with Crippen LogP contribution in [0.25, 0.3) is 0 Å². The average molecular weight is 331 g/mol. The van der Waals surface area contributed by atoms with E-state index >= 15 is 0 Å². The maximum atomic E-state index is 12.4. The Labute approximate surface area is 142 Å². The predicted molar refractivity (Wildman–Crippen MR) is 91.4 cm³/mol. The predicted octanol–water partition coefficient (Wildman–Crippen LogP) is 1.21. The van der Waals surface area contributed by atoms with E-state index in [1.807, 2.05) is 45.2 Å². The molecule has 1 heterocycles. The van der Waals surface area contributed by atoms with Crippen LogP contribution in [0.3, 0.4) is 0 Å². The molecule has 0 radical (unpaired) electrons. The zero-order valence-corrected chi connectivity index (χ0v) is 14.4. The number of amides is 1. The van der Waals surface area contributed by atoms with Gasteiger partial charge in [0.2, 0.25) is 5.91 Å². The van der Waals surface area contributed by atoms with Gasteiger partial charge in [-0.15, -0.1) is 0 Å². The average Bonchev–Trinajstić information content (AvgIpc) is 2.96. The minimum atomic E-state index is -0.179. The van der Waals surface area contributed by atoms with E-state index in [2.05, 4.69) is 15.4 Å². The van der Waals surface area contributed by atoms with Crippen molar-refractivity contribution in [3.8, 4) is 5.75 Å². The van der Waals surface area contributed by atoms with E-state index in [-0.39, 0.29) is 24.3 Å². The van der Waals surface area contributed by atoms with Crippen molar-refractivity contribution in [1.29, 1.82) is 0 Å². The first kappa shape index (κ1) is 17.9. The Hall–Kier alpha value is -2.41. The fraction of sp³-hybridized carbons (Fsp3) is 0.471. The number of aryl methyl sites for hydroxylation is 1. The molecule has 24 heavy (non-hydrogen) atoms. The molecule has 0 aliphatic rings. The van der Waals surface area contributed by atoms with Gasteiger partial charge in [0.1, 0.15) is 24.5 Å². The second-order valence-electron chi connectivity index (χ2n) is 5.99. The molecule has 1 aromatic heterocycles. The van der Waals surface area contributed by atoms with Crippen molar-refractivity contribution < 1.29 is 9.53 Å². The highest BCUT2D eigenvalue weighted by atomic mass is 16.5. The van der Waals surface area contributed by atoms with E-state index in [0.717, 1.165) is 17.1 Å². The molecule has 0 fully saturated rings. The van der Waals surface area contributed by atoms with Gasteiger partial charge in [0.05, 0.1) is 12.5 Å². The summed E-state index contributed by atoms with van der Waals surface area (Å²) in [6.45, 7) is 5.00. The lowest BCUT2D eigenvalue weighted by Crippen LogP contribution is -2.34. The second-order valence-corrected chi connectivity index (χ2v) is 5.99. The topological polar surface area (TPSA) is 95.1 Å². The number of hydrogen-bond acceptors (Lipinski definition) is 5. The molecule has 0 unspecified atom stereocenters. The van der Waals surface area contributed by atoms with E-state index in [0.29, 0.717) is 13.2 Å². The highest BCUT2D eigenvalue weighted by molar-refractivity contribution is 5.79. The Morgan fingerprint density at radius 2 is 2.21 bits per heavy atom. The minimum absolute atomic E-state index is 0.0623. The molecule has 0 aliphatic heterocycles. The molecule has 1 aromatic carbocycles. The molecule has 3 N–H and O–H groups in total. The third-order valence-corrected chi connectivity index (χ3v) is 3.66. The summed E-state index contributed by atoms with van der Waals surface area (Å²) in [5.41, 5.74) is 6.33. The van der Waals surface area contributed by atoms with Crippen molar-refractivity contribution in [2.75, 3.05) is 13.2 Å². The number of carbonyl (C=O) groups is 1. The van der Waals surface area contributed by atoms with Crippen LogP contribution in [-0.4, -0.2) is 33.8 Å². The summed E-state index contributed by atoms with van der Waals surface area (Å²) in [4.78, 5) is 16.7. The Morgan fingerprint density at radius 1 is 1.42 bits per heavy atom. The zero-order chi connectivity index (χ0) is 17.5. The van der Waals surface area contributed by atoms with Gasteiger partial charge >= 0.3 is 0 Å². The van der Waals surface area contributed by atoms with Crippen LogP contribution >= 0.6 is 0 Å². The van der Waals surface area contributed by atoms with Crippen molar-refractivity contribution >= 4 is 5.91 Å². The van der Waals surface area contributed by atoms with Gasteiger partial charge in [-0.1, -0.05) is 26.0 Å². The van der Waals surface area contributed by atoms with Gasteiger partial charge in [-0.3, -0.25) is 9.48 Å². The summed E-state index contributed by atoms with van der Waals surface area (Å²) in [5.74, 6) is 1.61. The number of carbonyl (C=O) groups excluding carboxylic acids is 1. The fourth-order valence-corrected chi connectivity index (χ4v) is 2.45. The first-order valence-corrected chi connectivity index (χ1v) is 8.06. The molecule has 0 saturated carbocycles. The maximum Gasteiger partial charge on any atom is 0.225 e. The SMILES string of the molecule is CC(C)[C@@H](NC(=O)Cc1cccc(OCCN)c1)c1ncnn1C. The standard InChI is InChI=1S/C17H25N5O2/c1-12(2)16(17-19-11-20-22(17)3)21-15(23)10-13-5-4-6-14(9-13)24-8-7-18/h4-6,9,11-12,16H,7-8,10,18H2,1-3H3,(H,21,23)/t16-/m1/s1. The lowest BCUT2D eigenvalue weighted by Gasteiger charge is -2.21. The first-order chi connectivity index (χ1) is 11.5. The van der Waals surface area contributed by atoms with Crippen molar-refractivity contribution in [1.82, 2.24) is 20.1 Å². The highest BCUT2D eigenvalue weighted by Crippen LogP contribution is 2.19. The molecule has 7 nitrogen and oxygen atoms in total. The molecule has 0 spiro atoms. The molecular formula is C17H25N5O2. The smallest absolute Gasteiger partial charge is 0.225 e. The van der Waals surface area contributed by atoms with Crippen LogP contribution < -0.4 is 15.8 Å². The van der Waals surface area contributed by atoms with Gasteiger partial charge < -0.3 is 15.8 Å². The molecule has 0 saturated heterocycles. The number of nitrogens with one attached hydrogen (secondary N) is 1. The zero-order valence-electron chi connectivity index (χ0n) is 14.4. The van der Waals surface area contributed by atoms with Crippen molar-refractivity contribution in [3.05, 3.63) is 42.0 Å². The molecule has 1 amide bonds. The Bertz CT molecular complexity index is 669. The third-order valence-electron chi connectivity index (χ3n) is 3.66. The Morgan fingerprint density at radius 3 is 2.83 bits per heavy atom.